The molecule has 3 heterocycles. The van der Waals surface area contributed by atoms with Crippen LogP contribution >= 0.6 is 23.2 Å². The monoisotopic (exact) mass is 506 g/mol. The third kappa shape index (κ3) is 4.62. The molecule has 0 bridgehead atoms. The van der Waals surface area contributed by atoms with E-state index in [-0.39, 0.29) is 12.1 Å². The number of hydrogen-bond acceptors (Lipinski definition) is 7. The summed E-state index contributed by atoms with van der Waals surface area (Å²) in [5, 5.41) is 8.55. The van der Waals surface area contributed by atoms with Crippen molar-refractivity contribution in [1.29, 1.82) is 0 Å². The minimum absolute atomic E-state index is 0.0794. The van der Waals surface area contributed by atoms with Gasteiger partial charge in [-0.05, 0) is 44.9 Å². The second kappa shape index (κ2) is 9.24. The second-order valence-electron chi connectivity index (χ2n) is 9.95. The van der Waals surface area contributed by atoms with Crippen molar-refractivity contribution >= 4 is 34.8 Å². The lowest BCUT2D eigenvalue weighted by Crippen LogP contribution is -2.55. The van der Waals surface area contributed by atoms with E-state index < -0.39 is 5.60 Å². The average Bonchev–Trinajstić information content (AvgIpc) is 3.62. The maximum atomic E-state index is 12.7. The standard InChI is InChI=1S/C24H32Cl2N6O2/c1-24(2,34-27)23(33)31-9-7-30(8-10-31)14-20-22(17-6-5-16(25)11-18(17)26)29-21-12-28-19(13-32(20)21)15-3-4-15/h5-6,11,13,15,21,28-29H,3-4,7-10,12,14,27H2,1-2H3. The number of allylic oxidation sites excluding steroid dienone is 1. The molecule has 1 aromatic rings. The van der Waals surface area contributed by atoms with Crippen molar-refractivity contribution in [3.05, 3.63) is 51.4 Å². The molecule has 1 aliphatic carbocycles. The van der Waals surface area contributed by atoms with Gasteiger partial charge in [-0.25, -0.2) is 5.90 Å². The van der Waals surface area contributed by atoms with Gasteiger partial charge in [-0.15, -0.1) is 0 Å². The number of rotatable bonds is 6. The van der Waals surface area contributed by atoms with E-state index in [2.05, 4.69) is 26.6 Å². The first kappa shape index (κ1) is 23.8. The topological polar surface area (TPSA) is 86.1 Å². The molecule has 1 unspecified atom stereocenters. The molecule has 5 rings (SSSR count). The van der Waals surface area contributed by atoms with Gasteiger partial charge in [0.25, 0.3) is 5.91 Å². The highest BCUT2D eigenvalue weighted by Gasteiger charge is 2.39. The molecule has 1 amide bonds. The molecule has 34 heavy (non-hydrogen) atoms. The summed E-state index contributed by atoms with van der Waals surface area (Å²) in [6.45, 7) is 7.80. The Hall–Kier alpha value is -1.97. The van der Waals surface area contributed by atoms with Gasteiger partial charge in [0.15, 0.2) is 5.60 Å². The molecule has 4 aliphatic rings. The van der Waals surface area contributed by atoms with Gasteiger partial charge in [0.05, 0.1) is 23.0 Å². The third-order valence-electron chi connectivity index (χ3n) is 7.08. The van der Waals surface area contributed by atoms with Gasteiger partial charge in [0, 0.05) is 61.1 Å². The van der Waals surface area contributed by atoms with Gasteiger partial charge in [-0.3, -0.25) is 14.5 Å². The maximum absolute atomic E-state index is 12.7. The number of benzene rings is 1. The Morgan fingerprint density at radius 1 is 1.21 bits per heavy atom. The summed E-state index contributed by atoms with van der Waals surface area (Å²) in [6.07, 6.45) is 4.90. The summed E-state index contributed by atoms with van der Waals surface area (Å²) in [5.74, 6) is 5.90. The fraction of sp³-hybridized carbons (Fsp3) is 0.542. The summed E-state index contributed by atoms with van der Waals surface area (Å²) in [4.78, 5) is 24.2. The van der Waals surface area contributed by atoms with Crippen molar-refractivity contribution in [2.45, 2.75) is 38.5 Å². The summed E-state index contributed by atoms with van der Waals surface area (Å²) < 4.78 is 0. The second-order valence-corrected chi connectivity index (χ2v) is 10.8. The number of carbonyl (C=O) groups is 1. The van der Waals surface area contributed by atoms with Crippen molar-refractivity contribution in [3.63, 3.8) is 0 Å². The molecule has 3 aliphatic heterocycles. The molecule has 1 saturated heterocycles. The molecule has 4 N–H and O–H groups in total. The average molecular weight is 507 g/mol. The Kier molecular flexibility index (Phi) is 6.46. The SMILES string of the molecule is CC(C)(ON)C(=O)N1CCN(CC2=C(c3ccc(Cl)cc3Cl)NC3CNC(C4CC4)=CN23)CC1. The van der Waals surface area contributed by atoms with E-state index >= 15 is 0 Å². The zero-order valence-electron chi connectivity index (χ0n) is 19.6. The van der Waals surface area contributed by atoms with Crippen molar-refractivity contribution < 1.29 is 9.63 Å². The number of halogens is 2. The molecule has 8 nitrogen and oxygen atoms in total. The Balaban J connectivity index is 1.38. The van der Waals surface area contributed by atoms with Crippen molar-refractivity contribution in [2.24, 2.45) is 11.8 Å². The van der Waals surface area contributed by atoms with E-state index in [1.807, 2.05) is 17.0 Å². The predicted octanol–water partition coefficient (Wildman–Crippen LogP) is 2.56. The van der Waals surface area contributed by atoms with E-state index in [0.717, 1.165) is 37.4 Å². The number of nitrogens with one attached hydrogen (secondary N) is 2. The predicted molar refractivity (Wildman–Crippen MR) is 133 cm³/mol. The molecule has 1 aromatic carbocycles. The van der Waals surface area contributed by atoms with E-state index in [1.165, 1.54) is 24.2 Å². The summed E-state index contributed by atoms with van der Waals surface area (Å²) in [6, 6.07) is 5.65. The van der Waals surface area contributed by atoms with E-state index in [0.29, 0.717) is 29.1 Å². The van der Waals surface area contributed by atoms with Crippen LogP contribution in [0, 0.1) is 5.92 Å². The van der Waals surface area contributed by atoms with E-state index in [1.54, 1.807) is 19.9 Å². The molecule has 0 radical (unpaired) electrons. The molecule has 2 fully saturated rings. The van der Waals surface area contributed by atoms with Crippen LogP contribution in [0.25, 0.3) is 5.70 Å². The van der Waals surface area contributed by atoms with Crippen LogP contribution in [-0.2, 0) is 9.63 Å². The molecular formula is C24H32Cl2N6O2. The highest BCUT2D eigenvalue weighted by molar-refractivity contribution is 6.35. The van der Waals surface area contributed by atoms with Crippen LogP contribution in [0.1, 0.15) is 32.3 Å². The molecule has 1 saturated carbocycles. The van der Waals surface area contributed by atoms with Crippen LogP contribution in [0.2, 0.25) is 10.0 Å². The first-order valence-corrected chi connectivity index (χ1v) is 12.6. The highest BCUT2D eigenvalue weighted by atomic mass is 35.5. The normalized spacial score (nSPS) is 23.4. The number of carbonyl (C=O) groups excluding carboxylic acids is 1. The van der Waals surface area contributed by atoms with Crippen molar-refractivity contribution in [3.8, 4) is 0 Å². The first-order chi connectivity index (χ1) is 16.3. The zero-order valence-corrected chi connectivity index (χ0v) is 21.1. The minimum atomic E-state index is -1.02. The quantitative estimate of drug-likeness (QED) is 0.511. The fourth-order valence-corrected chi connectivity index (χ4v) is 5.35. The Morgan fingerprint density at radius 2 is 1.94 bits per heavy atom. The number of hydrogen-bond donors (Lipinski definition) is 3. The molecular weight excluding hydrogens is 475 g/mol. The number of piperazine rings is 1. The third-order valence-corrected chi connectivity index (χ3v) is 7.63. The molecule has 184 valence electrons. The molecule has 10 heteroatoms. The van der Waals surface area contributed by atoms with Gasteiger partial charge in [0.2, 0.25) is 0 Å². The lowest BCUT2D eigenvalue weighted by Gasteiger charge is -2.39. The Morgan fingerprint density at radius 3 is 2.59 bits per heavy atom. The smallest absolute Gasteiger partial charge is 0.256 e. The maximum Gasteiger partial charge on any atom is 0.256 e. The molecule has 1 atom stereocenters. The number of nitrogens with two attached hydrogens (primary N) is 1. The van der Waals surface area contributed by atoms with Gasteiger partial charge in [-0.1, -0.05) is 23.2 Å². The van der Waals surface area contributed by atoms with Crippen LogP contribution in [0.4, 0.5) is 0 Å². The largest absolute Gasteiger partial charge is 0.383 e. The minimum Gasteiger partial charge on any atom is -0.383 e. The van der Waals surface area contributed by atoms with Crippen molar-refractivity contribution in [1.82, 2.24) is 25.3 Å². The van der Waals surface area contributed by atoms with Gasteiger partial charge < -0.3 is 20.4 Å². The van der Waals surface area contributed by atoms with Gasteiger partial charge in [-0.2, -0.15) is 0 Å². The first-order valence-electron chi connectivity index (χ1n) is 11.9. The fourth-order valence-electron chi connectivity index (χ4n) is 4.85. The Labute approximate surface area is 210 Å². The van der Waals surface area contributed by atoms with E-state index in [9.17, 15) is 4.79 Å². The highest BCUT2D eigenvalue weighted by Crippen LogP contribution is 2.40. The van der Waals surface area contributed by atoms with Crippen LogP contribution in [0.3, 0.4) is 0 Å². The molecule has 0 aromatic heterocycles. The van der Waals surface area contributed by atoms with Gasteiger partial charge >= 0.3 is 0 Å². The van der Waals surface area contributed by atoms with Crippen LogP contribution in [-0.4, -0.2) is 71.6 Å². The number of fused-ring (bicyclic) bond motifs is 1. The van der Waals surface area contributed by atoms with Crippen LogP contribution < -0.4 is 16.5 Å². The van der Waals surface area contributed by atoms with Crippen molar-refractivity contribution in [2.75, 3.05) is 39.3 Å². The summed E-state index contributed by atoms with van der Waals surface area (Å²) in [7, 11) is 0. The Bertz CT molecular complexity index is 1030. The van der Waals surface area contributed by atoms with Gasteiger partial charge in [0.1, 0.15) is 6.17 Å². The number of amides is 1. The number of nitrogens with zero attached hydrogens (tertiary/aromatic N) is 3. The summed E-state index contributed by atoms with van der Waals surface area (Å²) in [5.41, 5.74) is 3.49. The van der Waals surface area contributed by atoms with Crippen LogP contribution in [0.5, 0.6) is 0 Å². The zero-order chi connectivity index (χ0) is 24.0. The molecule has 0 spiro atoms. The van der Waals surface area contributed by atoms with Crippen LogP contribution in [0.15, 0.2) is 35.8 Å². The lowest BCUT2D eigenvalue weighted by molar-refractivity contribution is -0.156. The lowest BCUT2D eigenvalue weighted by atomic mass is 10.1. The summed E-state index contributed by atoms with van der Waals surface area (Å²) >= 11 is 12.8. The van der Waals surface area contributed by atoms with E-state index in [4.69, 9.17) is 33.9 Å².